The molecular weight excluding hydrogens is 196 g/mol. The van der Waals surface area contributed by atoms with E-state index in [0.29, 0.717) is 6.54 Å². The summed E-state index contributed by atoms with van der Waals surface area (Å²) >= 11 is 0. The van der Waals surface area contributed by atoms with E-state index in [1.54, 1.807) is 0 Å². The zero-order valence-electron chi connectivity index (χ0n) is 9.58. The van der Waals surface area contributed by atoms with Crippen molar-refractivity contribution < 1.29 is 0 Å². The van der Waals surface area contributed by atoms with Gasteiger partial charge in [-0.1, -0.05) is 43.2 Å². The smallest absolute Gasteiger partial charge is 0.0845 e. The first-order chi connectivity index (χ1) is 7.85. The van der Waals surface area contributed by atoms with Crippen LogP contribution in [0.3, 0.4) is 0 Å². The van der Waals surface area contributed by atoms with Crippen molar-refractivity contribution in [1.82, 2.24) is 5.32 Å². The zero-order chi connectivity index (χ0) is 11.3. The summed E-state index contributed by atoms with van der Waals surface area (Å²) < 4.78 is 0. The van der Waals surface area contributed by atoms with Gasteiger partial charge in [0.1, 0.15) is 0 Å². The van der Waals surface area contributed by atoms with Gasteiger partial charge in [0.05, 0.1) is 12.6 Å². The van der Waals surface area contributed by atoms with Crippen LogP contribution in [0.25, 0.3) is 0 Å². The summed E-state index contributed by atoms with van der Waals surface area (Å²) in [6.07, 6.45) is 6.01. The average Bonchev–Trinajstić information content (AvgIpc) is 2.77. The van der Waals surface area contributed by atoms with Gasteiger partial charge in [0, 0.05) is 5.54 Å². The maximum Gasteiger partial charge on any atom is 0.0845 e. The van der Waals surface area contributed by atoms with Crippen LogP contribution in [0.5, 0.6) is 0 Å². The third kappa shape index (κ3) is 2.62. The van der Waals surface area contributed by atoms with E-state index >= 15 is 0 Å². The van der Waals surface area contributed by atoms with E-state index in [4.69, 9.17) is 5.26 Å². The standard InChI is InChI=1S/C14H18N2/c15-10-11-16-14(8-4-5-9-14)12-13-6-2-1-3-7-13/h1-3,6-7,16H,4-5,8-9,11-12H2. The topological polar surface area (TPSA) is 35.8 Å². The van der Waals surface area contributed by atoms with Crippen LogP contribution in [-0.4, -0.2) is 12.1 Å². The minimum Gasteiger partial charge on any atom is -0.299 e. The molecule has 1 saturated carbocycles. The fourth-order valence-electron chi connectivity index (χ4n) is 2.68. The molecule has 0 aromatic heterocycles. The largest absolute Gasteiger partial charge is 0.299 e. The lowest BCUT2D eigenvalue weighted by Crippen LogP contribution is -2.44. The number of hydrogen-bond donors (Lipinski definition) is 1. The van der Waals surface area contributed by atoms with E-state index < -0.39 is 0 Å². The van der Waals surface area contributed by atoms with Crippen molar-refractivity contribution in [3.05, 3.63) is 35.9 Å². The van der Waals surface area contributed by atoms with Crippen LogP contribution < -0.4 is 5.32 Å². The van der Waals surface area contributed by atoms with Gasteiger partial charge in [-0.15, -0.1) is 0 Å². The van der Waals surface area contributed by atoms with Gasteiger partial charge in [0.15, 0.2) is 0 Å². The molecule has 2 rings (SSSR count). The van der Waals surface area contributed by atoms with Crippen LogP contribution in [0, 0.1) is 11.3 Å². The van der Waals surface area contributed by atoms with Gasteiger partial charge < -0.3 is 0 Å². The number of rotatable bonds is 4. The summed E-state index contributed by atoms with van der Waals surface area (Å²) in [6, 6.07) is 12.8. The molecule has 0 amide bonds. The molecule has 2 heteroatoms. The minimum atomic E-state index is 0.178. The lowest BCUT2D eigenvalue weighted by atomic mass is 9.89. The molecule has 0 aliphatic heterocycles. The molecule has 0 spiro atoms. The highest BCUT2D eigenvalue weighted by Gasteiger charge is 2.32. The molecule has 0 atom stereocenters. The molecule has 0 radical (unpaired) electrons. The molecule has 84 valence electrons. The number of nitrogens with zero attached hydrogens (tertiary/aromatic N) is 1. The predicted octanol–water partition coefficient (Wildman–Crippen LogP) is 2.66. The van der Waals surface area contributed by atoms with Crippen molar-refractivity contribution in [1.29, 1.82) is 5.26 Å². The molecule has 16 heavy (non-hydrogen) atoms. The van der Waals surface area contributed by atoms with Crippen molar-refractivity contribution >= 4 is 0 Å². The summed E-state index contributed by atoms with van der Waals surface area (Å²) in [5.74, 6) is 0. The number of hydrogen-bond acceptors (Lipinski definition) is 2. The average molecular weight is 214 g/mol. The van der Waals surface area contributed by atoms with Gasteiger partial charge in [-0.3, -0.25) is 5.32 Å². The predicted molar refractivity (Wildman–Crippen MR) is 65.0 cm³/mol. The van der Waals surface area contributed by atoms with Crippen LogP contribution in [0.4, 0.5) is 0 Å². The second-order valence-corrected chi connectivity index (χ2v) is 4.66. The van der Waals surface area contributed by atoms with Crippen LogP contribution in [0.1, 0.15) is 31.2 Å². The Balaban J connectivity index is 2.06. The Labute approximate surface area is 97.3 Å². The van der Waals surface area contributed by atoms with E-state index in [2.05, 4.69) is 35.7 Å². The molecule has 1 N–H and O–H groups in total. The summed E-state index contributed by atoms with van der Waals surface area (Å²) in [7, 11) is 0. The molecule has 1 aliphatic carbocycles. The second-order valence-electron chi connectivity index (χ2n) is 4.66. The third-order valence-electron chi connectivity index (χ3n) is 3.49. The number of nitrogens with one attached hydrogen (secondary N) is 1. The summed E-state index contributed by atoms with van der Waals surface area (Å²) in [6.45, 7) is 0.465. The summed E-state index contributed by atoms with van der Waals surface area (Å²) in [4.78, 5) is 0. The monoisotopic (exact) mass is 214 g/mol. The Morgan fingerprint density at radius 2 is 1.88 bits per heavy atom. The lowest BCUT2D eigenvalue weighted by molar-refractivity contribution is 0.345. The van der Waals surface area contributed by atoms with Gasteiger partial charge in [0.25, 0.3) is 0 Å². The Kier molecular flexibility index (Phi) is 3.58. The molecule has 1 aromatic rings. The first-order valence-electron chi connectivity index (χ1n) is 6.01. The molecule has 1 aliphatic rings. The fourth-order valence-corrected chi connectivity index (χ4v) is 2.68. The SMILES string of the molecule is N#CCNC1(Cc2ccccc2)CCCC1. The Hall–Kier alpha value is -1.33. The summed E-state index contributed by atoms with van der Waals surface area (Å²) in [5.41, 5.74) is 1.55. The summed E-state index contributed by atoms with van der Waals surface area (Å²) in [5, 5.41) is 12.1. The van der Waals surface area contributed by atoms with Crippen molar-refractivity contribution in [2.75, 3.05) is 6.54 Å². The maximum absolute atomic E-state index is 8.69. The zero-order valence-corrected chi connectivity index (χ0v) is 9.58. The number of nitriles is 1. The quantitative estimate of drug-likeness (QED) is 0.782. The number of benzene rings is 1. The van der Waals surface area contributed by atoms with Gasteiger partial charge in [-0.25, -0.2) is 0 Å². The van der Waals surface area contributed by atoms with Gasteiger partial charge >= 0.3 is 0 Å². The van der Waals surface area contributed by atoms with E-state index in [1.165, 1.54) is 31.2 Å². The van der Waals surface area contributed by atoms with Crippen LogP contribution in [-0.2, 0) is 6.42 Å². The molecule has 0 saturated heterocycles. The van der Waals surface area contributed by atoms with Gasteiger partial charge in [0.2, 0.25) is 0 Å². The molecule has 1 fully saturated rings. The molecule has 2 nitrogen and oxygen atoms in total. The van der Waals surface area contributed by atoms with Crippen LogP contribution >= 0.6 is 0 Å². The third-order valence-corrected chi connectivity index (χ3v) is 3.49. The van der Waals surface area contributed by atoms with E-state index in [9.17, 15) is 0 Å². The highest BCUT2D eigenvalue weighted by molar-refractivity contribution is 5.18. The molecular formula is C14H18N2. The molecule has 1 aromatic carbocycles. The second kappa shape index (κ2) is 5.14. The van der Waals surface area contributed by atoms with E-state index in [0.717, 1.165) is 6.42 Å². The van der Waals surface area contributed by atoms with Gasteiger partial charge in [-0.05, 0) is 24.8 Å². The molecule has 0 heterocycles. The van der Waals surface area contributed by atoms with Crippen LogP contribution in [0.15, 0.2) is 30.3 Å². The van der Waals surface area contributed by atoms with Crippen molar-refractivity contribution in [2.45, 2.75) is 37.6 Å². The van der Waals surface area contributed by atoms with Gasteiger partial charge in [-0.2, -0.15) is 5.26 Å². The van der Waals surface area contributed by atoms with E-state index in [1.807, 2.05) is 6.07 Å². The fraction of sp³-hybridized carbons (Fsp3) is 0.500. The normalized spacial score (nSPS) is 18.2. The minimum absolute atomic E-state index is 0.178. The lowest BCUT2D eigenvalue weighted by Gasteiger charge is -2.29. The highest BCUT2D eigenvalue weighted by Crippen LogP contribution is 2.32. The van der Waals surface area contributed by atoms with Crippen molar-refractivity contribution in [3.8, 4) is 6.07 Å². The molecule has 0 unspecified atom stereocenters. The Morgan fingerprint density at radius 3 is 2.50 bits per heavy atom. The first kappa shape index (κ1) is 11.2. The molecule has 0 bridgehead atoms. The Morgan fingerprint density at radius 1 is 1.19 bits per heavy atom. The maximum atomic E-state index is 8.69. The van der Waals surface area contributed by atoms with E-state index in [-0.39, 0.29) is 5.54 Å². The highest BCUT2D eigenvalue weighted by atomic mass is 15.0. The Bertz CT molecular complexity index is 358. The van der Waals surface area contributed by atoms with Crippen LogP contribution in [0.2, 0.25) is 0 Å². The van der Waals surface area contributed by atoms with Crippen molar-refractivity contribution in [2.24, 2.45) is 0 Å². The first-order valence-corrected chi connectivity index (χ1v) is 6.01. The van der Waals surface area contributed by atoms with Crippen molar-refractivity contribution in [3.63, 3.8) is 0 Å².